The Morgan fingerprint density at radius 3 is 2.78 bits per heavy atom. The van der Waals surface area contributed by atoms with E-state index in [0.29, 0.717) is 23.7 Å². The average molecular weight is 444 g/mol. The fourth-order valence-electron chi connectivity index (χ4n) is 5.91. The molecule has 0 bridgehead atoms. The van der Waals surface area contributed by atoms with Crippen LogP contribution in [0.15, 0.2) is 18.6 Å². The van der Waals surface area contributed by atoms with E-state index in [9.17, 15) is 4.79 Å². The van der Waals surface area contributed by atoms with Crippen molar-refractivity contribution in [3.63, 3.8) is 0 Å². The molecule has 0 spiro atoms. The maximum absolute atomic E-state index is 10.8. The standard InChI is InChI=1S/C23H33N5O4/c1-23(2)31-19-14(11-27(3)15-8-13(9-15)4-5-18(29)30)10-17(20(19)32-23)28-7-6-16-21(24)25-12-26-22(16)28/h6-7,12-15,17,19-20H,4-5,8-11H2,1-3H3,(H,29,30)(H2,24,25,26)/t13?,14-,15?,17?,19-,20+/m1/s1. The third-order valence-corrected chi connectivity index (χ3v) is 7.57. The number of carboxylic acid groups (broad SMARTS) is 1. The molecule has 1 saturated heterocycles. The number of ether oxygens (including phenoxy) is 2. The van der Waals surface area contributed by atoms with Gasteiger partial charge in [-0.1, -0.05) is 0 Å². The van der Waals surface area contributed by atoms with Crippen molar-refractivity contribution in [2.75, 3.05) is 19.3 Å². The molecule has 3 fully saturated rings. The fourth-order valence-corrected chi connectivity index (χ4v) is 5.91. The SMILES string of the molecule is CN(C[C@H]1CC(n2ccc3c(N)ncnc32)[C@@H]2OC(C)(C)O[C@H]12)C1CC(CCC(=O)O)C1. The highest BCUT2D eigenvalue weighted by atomic mass is 16.8. The van der Waals surface area contributed by atoms with Gasteiger partial charge in [-0.15, -0.1) is 0 Å². The molecule has 1 unspecified atom stereocenters. The number of fused-ring (bicyclic) bond motifs is 2. The van der Waals surface area contributed by atoms with Crippen LogP contribution < -0.4 is 5.73 Å². The summed E-state index contributed by atoms with van der Waals surface area (Å²) in [5.74, 6) is 0.0528. The highest BCUT2D eigenvalue weighted by Crippen LogP contribution is 2.48. The van der Waals surface area contributed by atoms with Gasteiger partial charge in [-0.3, -0.25) is 4.79 Å². The van der Waals surface area contributed by atoms with Gasteiger partial charge in [0.25, 0.3) is 0 Å². The highest BCUT2D eigenvalue weighted by Gasteiger charge is 2.55. The quantitative estimate of drug-likeness (QED) is 0.671. The molecular formula is C23H33N5O4. The predicted molar refractivity (Wildman–Crippen MR) is 119 cm³/mol. The van der Waals surface area contributed by atoms with Gasteiger partial charge in [0.15, 0.2) is 5.79 Å². The van der Waals surface area contributed by atoms with Crippen molar-refractivity contribution in [2.45, 2.75) is 76.0 Å². The van der Waals surface area contributed by atoms with Gasteiger partial charge in [0, 0.05) is 31.1 Å². The van der Waals surface area contributed by atoms with E-state index in [0.717, 1.165) is 43.3 Å². The van der Waals surface area contributed by atoms with Crippen LogP contribution in [0.5, 0.6) is 0 Å². The van der Waals surface area contributed by atoms with Gasteiger partial charge in [-0.05, 0) is 58.6 Å². The molecule has 4 atom stereocenters. The Balaban J connectivity index is 1.30. The Morgan fingerprint density at radius 1 is 1.28 bits per heavy atom. The normalized spacial score (nSPS) is 33.5. The summed E-state index contributed by atoms with van der Waals surface area (Å²) in [4.78, 5) is 21.9. The van der Waals surface area contributed by atoms with Gasteiger partial charge in [-0.25, -0.2) is 9.97 Å². The molecular weight excluding hydrogens is 410 g/mol. The van der Waals surface area contributed by atoms with Crippen LogP contribution in [0.1, 0.15) is 52.0 Å². The summed E-state index contributed by atoms with van der Waals surface area (Å²) in [6.45, 7) is 4.90. The number of anilines is 1. The van der Waals surface area contributed by atoms with Crippen LogP contribution in [0.3, 0.4) is 0 Å². The van der Waals surface area contributed by atoms with Crippen LogP contribution in [0.4, 0.5) is 5.82 Å². The number of nitrogens with two attached hydrogens (primary N) is 1. The summed E-state index contributed by atoms with van der Waals surface area (Å²) in [5.41, 5.74) is 6.89. The first kappa shape index (κ1) is 21.6. The van der Waals surface area contributed by atoms with Crippen LogP contribution in [-0.2, 0) is 14.3 Å². The van der Waals surface area contributed by atoms with Crippen LogP contribution in [0.2, 0.25) is 0 Å². The van der Waals surface area contributed by atoms with Gasteiger partial charge in [0.1, 0.15) is 23.9 Å². The summed E-state index contributed by atoms with van der Waals surface area (Å²) >= 11 is 0. The molecule has 2 aromatic rings. The van der Waals surface area contributed by atoms with Crippen LogP contribution in [-0.4, -0.2) is 68.1 Å². The molecule has 32 heavy (non-hydrogen) atoms. The van der Waals surface area contributed by atoms with Gasteiger partial charge in [0.05, 0.1) is 17.5 Å². The lowest BCUT2D eigenvalue weighted by molar-refractivity contribution is -0.161. The molecule has 5 rings (SSSR count). The number of nitrogen functional groups attached to an aromatic ring is 1. The highest BCUT2D eigenvalue weighted by molar-refractivity contribution is 5.86. The molecule has 9 nitrogen and oxygen atoms in total. The lowest BCUT2D eigenvalue weighted by atomic mass is 9.76. The zero-order valence-corrected chi connectivity index (χ0v) is 19.0. The van der Waals surface area contributed by atoms with E-state index in [4.69, 9.17) is 20.3 Å². The topological polar surface area (TPSA) is 116 Å². The van der Waals surface area contributed by atoms with Gasteiger partial charge >= 0.3 is 5.97 Å². The van der Waals surface area contributed by atoms with Crippen molar-refractivity contribution in [1.29, 1.82) is 0 Å². The van der Waals surface area contributed by atoms with E-state index in [1.165, 1.54) is 6.33 Å². The largest absolute Gasteiger partial charge is 0.481 e. The number of hydrogen-bond donors (Lipinski definition) is 2. The molecule has 2 saturated carbocycles. The van der Waals surface area contributed by atoms with Crippen molar-refractivity contribution in [2.24, 2.45) is 11.8 Å². The van der Waals surface area contributed by atoms with E-state index in [1.54, 1.807) is 0 Å². The van der Waals surface area contributed by atoms with Crippen LogP contribution in [0, 0.1) is 11.8 Å². The summed E-state index contributed by atoms with van der Waals surface area (Å²) in [7, 11) is 2.18. The molecule has 1 aliphatic heterocycles. The number of aliphatic carboxylic acids is 1. The van der Waals surface area contributed by atoms with Gasteiger partial charge in [0.2, 0.25) is 0 Å². The lowest BCUT2D eigenvalue weighted by Crippen LogP contribution is -2.46. The first-order chi connectivity index (χ1) is 15.2. The first-order valence-electron chi connectivity index (χ1n) is 11.6. The minimum Gasteiger partial charge on any atom is -0.481 e. The van der Waals surface area contributed by atoms with E-state index >= 15 is 0 Å². The lowest BCUT2D eigenvalue weighted by Gasteiger charge is -2.42. The van der Waals surface area contributed by atoms with E-state index in [1.807, 2.05) is 26.1 Å². The van der Waals surface area contributed by atoms with Crippen LogP contribution >= 0.6 is 0 Å². The van der Waals surface area contributed by atoms with Gasteiger partial charge in [-0.2, -0.15) is 0 Å². The Hall–Kier alpha value is -2.23. The van der Waals surface area contributed by atoms with E-state index in [2.05, 4.69) is 26.5 Å². The zero-order chi connectivity index (χ0) is 22.6. The average Bonchev–Trinajstić information content (AvgIpc) is 3.33. The van der Waals surface area contributed by atoms with Crippen molar-refractivity contribution in [3.8, 4) is 0 Å². The second-order valence-corrected chi connectivity index (χ2v) is 10.2. The monoisotopic (exact) mass is 443 g/mol. The van der Waals surface area contributed by atoms with Crippen molar-refractivity contribution < 1.29 is 19.4 Å². The van der Waals surface area contributed by atoms with Crippen LogP contribution in [0.25, 0.3) is 11.0 Å². The molecule has 174 valence electrons. The third-order valence-electron chi connectivity index (χ3n) is 7.57. The summed E-state index contributed by atoms with van der Waals surface area (Å²) in [6.07, 6.45) is 7.69. The Morgan fingerprint density at radius 2 is 2.03 bits per heavy atom. The maximum Gasteiger partial charge on any atom is 0.303 e. The molecule has 9 heteroatoms. The smallest absolute Gasteiger partial charge is 0.303 e. The maximum atomic E-state index is 10.8. The number of rotatable bonds is 7. The molecule has 3 aliphatic rings. The number of aromatic nitrogens is 3. The zero-order valence-electron chi connectivity index (χ0n) is 19.0. The molecule has 0 aromatic carbocycles. The van der Waals surface area contributed by atoms with Gasteiger partial charge < -0.3 is 29.8 Å². The van der Waals surface area contributed by atoms with Crippen molar-refractivity contribution in [1.82, 2.24) is 19.4 Å². The minimum absolute atomic E-state index is 0.0250. The Labute approximate surface area is 187 Å². The molecule has 2 aromatic heterocycles. The Bertz CT molecular complexity index is 1000. The first-order valence-corrected chi connectivity index (χ1v) is 11.6. The molecule has 3 N–H and O–H groups in total. The second kappa shape index (κ2) is 7.97. The molecule has 0 amide bonds. The summed E-state index contributed by atoms with van der Waals surface area (Å²) in [6, 6.07) is 2.62. The van der Waals surface area contributed by atoms with E-state index < -0.39 is 11.8 Å². The summed E-state index contributed by atoms with van der Waals surface area (Å²) < 4.78 is 14.9. The van der Waals surface area contributed by atoms with E-state index in [-0.39, 0.29) is 24.7 Å². The summed E-state index contributed by atoms with van der Waals surface area (Å²) in [5, 5.41) is 9.77. The molecule has 0 radical (unpaired) electrons. The number of carbonyl (C=O) groups is 1. The number of nitrogens with zero attached hydrogens (tertiary/aromatic N) is 4. The van der Waals surface area contributed by atoms with Crippen molar-refractivity contribution in [3.05, 3.63) is 18.6 Å². The van der Waals surface area contributed by atoms with Crippen molar-refractivity contribution >= 4 is 22.8 Å². The number of hydrogen-bond acceptors (Lipinski definition) is 7. The molecule has 3 heterocycles. The predicted octanol–water partition coefficient (Wildman–Crippen LogP) is 2.67. The Kier molecular flexibility index (Phi) is 5.38. The molecule has 2 aliphatic carbocycles. The second-order valence-electron chi connectivity index (χ2n) is 10.2. The minimum atomic E-state index is -0.699. The number of carboxylic acids is 1. The fraction of sp³-hybridized carbons (Fsp3) is 0.696. The third kappa shape index (κ3) is 3.86.